The van der Waals surface area contributed by atoms with Gasteiger partial charge in [0.25, 0.3) is 0 Å². The van der Waals surface area contributed by atoms with Crippen molar-refractivity contribution < 1.29 is 19.4 Å². The van der Waals surface area contributed by atoms with Crippen LogP contribution in [-0.4, -0.2) is 22.4 Å². The van der Waals surface area contributed by atoms with Gasteiger partial charge in [-0.25, -0.2) is 9.18 Å². The zero-order valence-electron chi connectivity index (χ0n) is 8.69. The average Bonchev–Trinajstić information content (AvgIpc) is 2.28. The van der Waals surface area contributed by atoms with E-state index in [-0.39, 0.29) is 5.75 Å². The van der Waals surface area contributed by atoms with Crippen LogP contribution in [0.25, 0.3) is 0 Å². The number of hydrogen-bond acceptors (Lipinski definition) is 2. The molecule has 2 N–H and O–H groups in total. The number of carboxylic acid groups (broad SMARTS) is 1. The Balaban J connectivity index is 2.40. The number of aliphatic carboxylic acids is 1. The van der Waals surface area contributed by atoms with Crippen LogP contribution in [-0.2, 0) is 11.2 Å². The van der Waals surface area contributed by atoms with E-state index in [0.717, 1.165) is 0 Å². The summed E-state index contributed by atoms with van der Waals surface area (Å²) in [7, 11) is 0. The summed E-state index contributed by atoms with van der Waals surface area (Å²) in [6.45, 7) is 0. The molecule has 2 atom stereocenters. The number of benzene rings is 1. The molecule has 0 saturated carbocycles. The molecule has 16 heavy (non-hydrogen) atoms. The Labute approximate surface area is 92.5 Å². The fraction of sp³-hybridized carbons (Fsp3) is 0.417. The molecule has 0 bridgehead atoms. The number of rotatable bonds is 2. The maximum atomic E-state index is 13.5. The van der Waals surface area contributed by atoms with Crippen molar-refractivity contribution >= 4 is 5.97 Å². The Morgan fingerprint density at radius 1 is 1.50 bits per heavy atom. The van der Waals surface area contributed by atoms with Crippen LogP contribution in [0.4, 0.5) is 4.39 Å². The normalized spacial score (nSPS) is 21.2. The van der Waals surface area contributed by atoms with Gasteiger partial charge in [0.05, 0.1) is 0 Å². The number of aromatic hydroxyl groups is 1. The minimum Gasteiger partial charge on any atom is -0.508 e. The Kier molecular flexibility index (Phi) is 2.81. The molecule has 0 radical (unpaired) electrons. The van der Waals surface area contributed by atoms with Crippen LogP contribution in [0, 0.1) is 0 Å². The first kappa shape index (κ1) is 10.9. The van der Waals surface area contributed by atoms with E-state index in [0.29, 0.717) is 30.4 Å². The lowest BCUT2D eigenvalue weighted by atomic mass is 9.80. The van der Waals surface area contributed by atoms with Gasteiger partial charge in [-0.2, -0.15) is 0 Å². The van der Waals surface area contributed by atoms with Crippen LogP contribution in [0.1, 0.15) is 29.9 Å². The first-order valence-corrected chi connectivity index (χ1v) is 5.29. The minimum atomic E-state index is -1.89. The molecule has 86 valence electrons. The van der Waals surface area contributed by atoms with E-state index in [2.05, 4.69) is 0 Å². The van der Waals surface area contributed by atoms with Crippen molar-refractivity contribution in [1.82, 2.24) is 0 Å². The summed E-state index contributed by atoms with van der Waals surface area (Å²) in [5.41, 5.74) is 1.34. The average molecular weight is 224 g/mol. The van der Waals surface area contributed by atoms with Crippen molar-refractivity contribution in [3.8, 4) is 5.75 Å². The van der Waals surface area contributed by atoms with Gasteiger partial charge in [-0.15, -0.1) is 0 Å². The second kappa shape index (κ2) is 4.12. The molecule has 0 heterocycles. The first-order valence-electron chi connectivity index (χ1n) is 5.29. The molecule has 2 unspecified atom stereocenters. The maximum absolute atomic E-state index is 13.5. The Morgan fingerprint density at radius 3 is 2.94 bits per heavy atom. The fourth-order valence-electron chi connectivity index (χ4n) is 2.34. The molecular weight excluding hydrogens is 211 g/mol. The SMILES string of the molecule is O=C(O)C(F)C1CCCc2c(O)cccc21. The van der Waals surface area contributed by atoms with Crippen molar-refractivity contribution in [3.63, 3.8) is 0 Å². The van der Waals surface area contributed by atoms with E-state index in [4.69, 9.17) is 5.11 Å². The van der Waals surface area contributed by atoms with Crippen LogP contribution in [0.15, 0.2) is 18.2 Å². The molecule has 1 aliphatic carbocycles. The predicted octanol–water partition coefficient (Wildman–Crippen LogP) is 2.23. The zero-order chi connectivity index (χ0) is 11.7. The van der Waals surface area contributed by atoms with Gasteiger partial charge in [0, 0.05) is 5.92 Å². The number of hydrogen-bond donors (Lipinski definition) is 2. The third-order valence-electron chi connectivity index (χ3n) is 3.12. The summed E-state index contributed by atoms with van der Waals surface area (Å²) in [5.74, 6) is -1.92. The van der Waals surface area contributed by atoms with E-state index < -0.39 is 18.1 Å². The number of halogens is 1. The highest BCUT2D eigenvalue weighted by Gasteiger charge is 2.33. The highest BCUT2D eigenvalue weighted by atomic mass is 19.1. The quantitative estimate of drug-likeness (QED) is 0.809. The topological polar surface area (TPSA) is 57.5 Å². The number of carboxylic acids is 1. The van der Waals surface area contributed by atoms with E-state index in [1.165, 1.54) is 0 Å². The van der Waals surface area contributed by atoms with Gasteiger partial charge in [-0.1, -0.05) is 12.1 Å². The number of fused-ring (bicyclic) bond motifs is 1. The van der Waals surface area contributed by atoms with E-state index in [9.17, 15) is 14.3 Å². The van der Waals surface area contributed by atoms with Crippen molar-refractivity contribution in [1.29, 1.82) is 0 Å². The molecule has 1 aliphatic rings. The second-order valence-corrected chi connectivity index (χ2v) is 4.08. The van der Waals surface area contributed by atoms with Gasteiger partial charge < -0.3 is 10.2 Å². The molecule has 0 saturated heterocycles. The lowest BCUT2D eigenvalue weighted by molar-refractivity contribution is -0.143. The van der Waals surface area contributed by atoms with Gasteiger partial charge in [0.15, 0.2) is 0 Å². The Bertz CT molecular complexity index is 417. The van der Waals surface area contributed by atoms with Crippen LogP contribution in [0.5, 0.6) is 5.75 Å². The van der Waals surface area contributed by atoms with E-state index >= 15 is 0 Å². The molecule has 0 fully saturated rings. The van der Waals surface area contributed by atoms with Gasteiger partial charge >= 0.3 is 5.97 Å². The standard InChI is InChI=1S/C12H13FO3/c13-11(12(15)16)9-5-1-4-8-7(9)3-2-6-10(8)14/h2-3,6,9,11,14H,1,4-5H2,(H,15,16). The summed E-state index contributed by atoms with van der Waals surface area (Å²) >= 11 is 0. The summed E-state index contributed by atoms with van der Waals surface area (Å²) in [6, 6.07) is 4.88. The molecule has 0 amide bonds. The highest BCUT2D eigenvalue weighted by Crippen LogP contribution is 2.38. The van der Waals surface area contributed by atoms with Crippen molar-refractivity contribution in [3.05, 3.63) is 29.3 Å². The fourth-order valence-corrected chi connectivity index (χ4v) is 2.34. The monoisotopic (exact) mass is 224 g/mol. The van der Waals surface area contributed by atoms with Gasteiger partial charge in [0.2, 0.25) is 6.17 Å². The lowest BCUT2D eigenvalue weighted by Crippen LogP contribution is -2.26. The van der Waals surface area contributed by atoms with Crippen molar-refractivity contribution in [2.75, 3.05) is 0 Å². The van der Waals surface area contributed by atoms with E-state index in [1.807, 2.05) is 0 Å². The number of alkyl halides is 1. The summed E-state index contributed by atoms with van der Waals surface area (Å²) < 4.78 is 13.5. The first-order chi connectivity index (χ1) is 7.61. The van der Waals surface area contributed by atoms with Crippen molar-refractivity contribution in [2.45, 2.75) is 31.4 Å². The number of carbonyl (C=O) groups is 1. The van der Waals surface area contributed by atoms with Gasteiger partial charge in [0.1, 0.15) is 5.75 Å². The van der Waals surface area contributed by atoms with Crippen molar-refractivity contribution in [2.24, 2.45) is 0 Å². The number of phenols is 1. The predicted molar refractivity (Wildman–Crippen MR) is 56.3 cm³/mol. The zero-order valence-corrected chi connectivity index (χ0v) is 8.69. The maximum Gasteiger partial charge on any atom is 0.338 e. The Hall–Kier alpha value is -1.58. The van der Waals surface area contributed by atoms with Crippen LogP contribution < -0.4 is 0 Å². The summed E-state index contributed by atoms with van der Waals surface area (Å²) in [4.78, 5) is 10.7. The lowest BCUT2D eigenvalue weighted by Gasteiger charge is -2.26. The van der Waals surface area contributed by atoms with E-state index in [1.54, 1.807) is 18.2 Å². The van der Waals surface area contributed by atoms with Crippen LogP contribution in [0.3, 0.4) is 0 Å². The minimum absolute atomic E-state index is 0.139. The molecule has 3 nitrogen and oxygen atoms in total. The molecule has 0 aromatic heterocycles. The molecule has 1 aromatic rings. The van der Waals surface area contributed by atoms with Crippen LogP contribution >= 0.6 is 0 Å². The third-order valence-corrected chi connectivity index (χ3v) is 3.12. The van der Waals surface area contributed by atoms with Gasteiger partial charge in [-0.3, -0.25) is 0 Å². The highest BCUT2D eigenvalue weighted by molar-refractivity contribution is 5.74. The largest absolute Gasteiger partial charge is 0.508 e. The summed E-state index contributed by atoms with van der Waals surface area (Å²) in [5, 5.41) is 18.3. The van der Waals surface area contributed by atoms with Crippen LogP contribution in [0.2, 0.25) is 0 Å². The molecular formula is C12H13FO3. The molecule has 4 heteroatoms. The Morgan fingerprint density at radius 2 is 2.25 bits per heavy atom. The third kappa shape index (κ3) is 1.75. The molecule has 1 aromatic carbocycles. The smallest absolute Gasteiger partial charge is 0.338 e. The number of phenolic OH excluding ortho intramolecular Hbond substituents is 1. The molecule has 2 rings (SSSR count). The second-order valence-electron chi connectivity index (χ2n) is 4.08. The molecule has 0 spiro atoms. The molecule has 0 aliphatic heterocycles. The summed E-state index contributed by atoms with van der Waals surface area (Å²) in [6.07, 6.45) is 0.0263. The van der Waals surface area contributed by atoms with Gasteiger partial charge in [-0.05, 0) is 36.5 Å².